The Bertz CT molecular complexity index is 383. The standard InChI is InChI=1S/C12H16Cl2N2O/c1-17-7-6-16(9-2-3-9)12-5-4-10(14)11(8-13)15-12/h4-5,9H,2-3,6-8H2,1H3. The Morgan fingerprint density at radius 1 is 1.47 bits per heavy atom. The highest BCUT2D eigenvalue weighted by atomic mass is 35.5. The van der Waals surface area contributed by atoms with Crippen molar-refractivity contribution in [2.24, 2.45) is 0 Å². The Hall–Kier alpha value is -0.510. The third-order valence-corrected chi connectivity index (χ3v) is 3.45. The number of hydrogen-bond acceptors (Lipinski definition) is 3. The van der Waals surface area contributed by atoms with Crippen LogP contribution < -0.4 is 4.90 Å². The van der Waals surface area contributed by atoms with E-state index >= 15 is 0 Å². The Morgan fingerprint density at radius 2 is 2.24 bits per heavy atom. The summed E-state index contributed by atoms with van der Waals surface area (Å²) in [7, 11) is 1.71. The van der Waals surface area contributed by atoms with Crippen LogP contribution in [-0.2, 0) is 10.6 Å². The van der Waals surface area contributed by atoms with Crippen LogP contribution >= 0.6 is 23.2 Å². The number of halogens is 2. The Kier molecular flexibility index (Phi) is 4.48. The van der Waals surface area contributed by atoms with Crippen molar-refractivity contribution < 1.29 is 4.74 Å². The fraction of sp³-hybridized carbons (Fsp3) is 0.583. The summed E-state index contributed by atoms with van der Waals surface area (Å²) >= 11 is 11.8. The minimum Gasteiger partial charge on any atom is -0.383 e. The predicted octanol–water partition coefficient (Wildman–Crippen LogP) is 3.09. The van der Waals surface area contributed by atoms with Crippen LogP contribution in [0.1, 0.15) is 18.5 Å². The molecule has 0 atom stereocenters. The van der Waals surface area contributed by atoms with Gasteiger partial charge < -0.3 is 9.64 Å². The molecule has 1 aromatic heterocycles. The Balaban J connectivity index is 2.16. The Labute approximate surface area is 112 Å². The van der Waals surface area contributed by atoms with Crippen LogP contribution in [0.3, 0.4) is 0 Å². The average molecular weight is 275 g/mol. The third kappa shape index (κ3) is 3.24. The molecular formula is C12H16Cl2N2O. The zero-order valence-corrected chi connectivity index (χ0v) is 11.3. The van der Waals surface area contributed by atoms with Crippen molar-refractivity contribution in [1.29, 1.82) is 0 Å². The van der Waals surface area contributed by atoms with E-state index < -0.39 is 0 Å². The van der Waals surface area contributed by atoms with Gasteiger partial charge in [-0.1, -0.05) is 11.6 Å². The molecule has 5 heteroatoms. The zero-order chi connectivity index (χ0) is 12.3. The summed E-state index contributed by atoms with van der Waals surface area (Å²) in [5, 5.41) is 0.631. The molecule has 1 heterocycles. The highest BCUT2D eigenvalue weighted by molar-refractivity contribution is 6.32. The molecule has 3 nitrogen and oxygen atoms in total. The molecule has 17 heavy (non-hydrogen) atoms. The van der Waals surface area contributed by atoms with E-state index in [1.807, 2.05) is 12.1 Å². The number of hydrogen-bond donors (Lipinski definition) is 0. The van der Waals surface area contributed by atoms with E-state index in [9.17, 15) is 0 Å². The molecular weight excluding hydrogens is 259 g/mol. The van der Waals surface area contributed by atoms with Gasteiger partial charge in [0.1, 0.15) is 5.82 Å². The van der Waals surface area contributed by atoms with Crippen LogP contribution in [0.25, 0.3) is 0 Å². The minimum atomic E-state index is 0.343. The lowest BCUT2D eigenvalue weighted by molar-refractivity contribution is 0.204. The van der Waals surface area contributed by atoms with Gasteiger partial charge in [-0.3, -0.25) is 0 Å². The first-order chi connectivity index (χ1) is 8.26. The lowest BCUT2D eigenvalue weighted by atomic mass is 10.3. The largest absolute Gasteiger partial charge is 0.383 e. The van der Waals surface area contributed by atoms with Gasteiger partial charge in [0, 0.05) is 19.7 Å². The van der Waals surface area contributed by atoms with Crippen molar-refractivity contribution in [2.45, 2.75) is 24.8 Å². The summed E-state index contributed by atoms with van der Waals surface area (Å²) in [4.78, 5) is 6.79. The monoisotopic (exact) mass is 274 g/mol. The van der Waals surface area contributed by atoms with E-state index in [4.69, 9.17) is 27.9 Å². The van der Waals surface area contributed by atoms with Gasteiger partial charge >= 0.3 is 0 Å². The fourth-order valence-electron chi connectivity index (χ4n) is 1.79. The highest BCUT2D eigenvalue weighted by Crippen LogP contribution is 2.31. The number of methoxy groups -OCH3 is 1. The van der Waals surface area contributed by atoms with E-state index in [2.05, 4.69) is 9.88 Å². The van der Waals surface area contributed by atoms with Gasteiger partial charge in [0.05, 0.1) is 23.2 Å². The quantitative estimate of drug-likeness (QED) is 0.746. The van der Waals surface area contributed by atoms with Crippen LogP contribution in [-0.4, -0.2) is 31.3 Å². The summed E-state index contributed by atoms with van der Waals surface area (Å²) < 4.78 is 5.13. The molecule has 0 N–H and O–H groups in total. The number of alkyl halides is 1. The molecule has 1 aliphatic carbocycles. The number of pyridine rings is 1. The van der Waals surface area contributed by atoms with Crippen LogP contribution in [0.4, 0.5) is 5.82 Å². The van der Waals surface area contributed by atoms with Crippen molar-refractivity contribution in [3.63, 3.8) is 0 Å². The van der Waals surface area contributed by atoms with Crippen LogP contribution in [0.5, 0.6) is 0 Å². The lowest BCUT2D eigenvalue weighted by Gasteiger charge is -2.23. The lowest BCUT2D eigenvalue weighted by Crippen LogP contribution is -2.30. The molecule has 0 amide bonds. The minimum absolute atomic E-state index is 0.343. The molecule has 0 unspecified atom stereocenters. The fourth-order valence-corrected chi connectivity index (χ4v) is 2.23. The van der Waals surface area contributed by atoms with E-state index in [-0.39, 0.29) is 0 Å². The highest BCUT2D eigenvalue weighted by Gasteiger charge is 2.29. The van der Waals surface area contributed by atoms with Gasteiger partial charge in [0.15, 0.2) is 0 Å². The van der Waals surface area contributed by atoms with Gasteiger partial charge in [-0.05, 0) is 25.0 Å². The maximum absolute atomic E-state index is 6.01. The average Bonchev–Trinajstić information content (AvgIpc) is 3.16. The molecule has 0 radical (unpaired) electrons. The maximum atomic E-state index is 6.01. The number of anilines is 1. The summed E-state index contributed by atoms with van der Waals surface area (Å²) in [5.41, 5.74) is 0.744. The van der Waals surface area contributed by atoms with Crippen molar-refractivity contribution in [3.05, 3.63) is 22.8 Å². The van der Waals surface area contributed by atoms with Crippen LogP contribution in [0.2, 0.25) is 5.02 Å². The van der Waals surface area contributed by atoms with E-state index in [1.165, 1.54) is 12.8 Å². The van der Waals surface area contributed by atoms with E-state index in [0.717, 1.165) is 18.1 Å². The second kappa shape index (κ2) is 5.89. The van der Waals surface area contributed by atoms with Crippen molar-refractivity contribution >= 4 is 29.0 Å². The molecule has 0 aromatic carbocycles. The van der Waals surface area contributed by atoms with Crippen molar-refractivity contribution in [2.75, 3.05) is 25.2 Å². The molecule has 1 aromatic rings. The normalized spacial score (nSPS) is 15.0. The molecule has 94 valence electrons. The van der Waals surface area contributed by atoms with Gasteiger partial charge in [0.25, 0.3) is 0 Å². The van der Waals surface area contributed by atoms with Gasteiger partial charge in [0.2, 0.25) is 0 Å². The smallest absolute Gasteiger partial charge is 0.129 e. The summed E-state index contributed by atoms with van der Waals surface area (Å²) in [5.74, 6) is 1.29. The van der Waals surface area contributed by atoms with E-state index in [1.54, 1.807) is 7.11 Å². The van der Waals surface area contributed by atoms with Crippen LogP contribution in [0, 0.1) is 0 Å². The first-order valence-corrected chi connectivity index (χ1v) is 6.64. The topological polar surface area (TPSA) is 25.4 Å². The first-order valence-electron chi connectivity index (χ1n) is 5.73. The molecule has 1 aliphatic rings. The van der Waals surface area contributed by atoms with Crippen LogP contribution in [0.15, 0.2) is 12.1 Å². The van der Waals surface area contributed by atoms with Gasteiger partial charge in [-0.2, -0.15) is 0 Å². The number of nitrogens with zero attached hydrogens (tertiary/aromatic N) is 2. The molecule has 1 saturated carbocycles. The van der Waals surface area contributed by atoms with Crippen molar-refractivity contribution in [3.8, 4) is 0 Å². The maximum Gasteiger partial charge on any atom is 0.129 e. The number of rotatable bonds is 6. The predicted molar refractivity (Wildman–Crippen MR) is 71.0 cm³/mol. The zero-order valence-electron chi connectivity index (χ0n) is 9.83. The number of ether oxygens (including phenoxy) is 1. The third-order valence-electron chi connectivity index (χ3n) is 2.85. The molecule has 2 rings (SSSR count). The second-order valence-electron chi connectivity index (χ2n) is 4.15. The molecule has 0 aliphatic heterocycles. The SMILES string of the molecule is COCCN(c1ccc(Cl)c(CCl)n1)C1CC1. The van der Waals surface area contributed by atoms with E-state index in [0.29, 0.717) is 23.6 Å². The summed E-state index contributed by atoms with van der Waals surface area (Å²) in [6.45, 7) is 1.56. The van der Waals surface area contributed by atoms with Gasteiger partial charge in [-0.15, -0.1) is 11.6 Å². The summed E-state index contributed by atoms with van der Waals surface area (Å²) in [6, 6.07) is 4.41. The molecule has 0 spiro atoms. The van der Waals surface area contributed by atoms with Gasteiger partial charge in [-0.25, -0.2) is 4.98 Å². The molecule has 0 saturated heterocycles. The first kappa shape index (κ1) is 12.9. The Morgan fingerprint density at radius 3 is 2.82 bits per heavy atom. The second-order valence-corrected chi connectivity index (χ2v) is 4.82. The molecule has 1 fully saturated rings. The molecule has 0 bridgehead atoms. The van der Waals surface area contributed by atoms with Crippen molar-refractivity contribution in [1.82, 2.24) is 4.98 Å². The number of aromatic nitrogens is 1. The summed E-state index contributed by atoms with van der Waals surface area (Å²) in [6.07, 6.45) is 2.45.